The third kappa shape index (κ3) is 4.49. The summed E-state index contributed by atoms with van der Waals surface area (Å²) in [5.41, 5.74) is 2.36. The number of esters is 1. The average molecular weight is 348 g/mol. The fourth-order valence-corrected chi connectivity index (χ4v) is 2.38. The molecule has 0 saturated carbocycles. The number of carbonyl (C=O) groups is 1. The molecule has 0 saturated heterocycles. The second-order valence-corrected chi connectivity index (χ2v) is 5.43. The zero-order chi connectivity index (χ0) is 17.5. The van der Waals surface area contributed by atoms with Crippen molar-refractivity contribution in [3.63, 3.8) is 0 Å². The van der Waals surface area contributed by atoms with Crippen LogP contribution in [0, 0.1) is 6.92 Å². The first-order valence-electron chi connectivity index (χ1n) is 7.25. The number of oxime groups is 1. The van der Waals surface area contributed by atoms with Gasteiger partial charge in [0.05, 0.1) is 18.6 Å². The number of benzene rings is 2. The number of hydrogen-bond donors (Lipinski definition) is 0. The summed E-state index contributed by atoms with van der Waals surface area (Å²) < 4.78 is 10.6. The normalized spacial score (nSPS) is 11.1. The summed E-state index contributed by atoms with van der Waals surface area (Å²) in [6.45, 7) is 1.94. The van der Waals surface area contributed by atoms with Crippen molar-refractivity contribution in [2.45, 2.75) is 13.3 Å². The third-order valence-electron chi connectivity index (χ3n) is 3.28. The van der Waals surface area contributed by atoms with E-state index in [1.807, 2.05) is 25.1 Å². The van der Waals surface area contributed by atoms with Crippen molar-refractivity contribution in [1.29, 1.82) is 0 Å². The fraction of sp³-hybridized carbons (Fsp3) is 0.222. The summed E-state index contributed by atoms with van der Waals surface area (Å²) in [6, 6.07) is 12.7. The van der Waals surface area contributed by atoms with Gasteiger partial charge in [-0.1, -0.05) is 35.9 Å². The fourth-order valence-electron chi connectivity index (χ4n) is 2.11. The van der Waals surface area contributed by atoms with Crippen molar-refractivity contribution < 1.29 is 19.1 Å². The molecule has 0 fully saturated rings. The highest BCUT2D eigenvalue weighted by Crippen LogP contribution is 2.27. The van der Waals surface area contributed by atoms with E-state index in [4.69, 9.17) is 25.9 Å². The quantitative estimate of drug-likeness (QED) is 0.358. The van der Waals surface area contributed by atoms with Crippen LogP contribution in [0.25, 0.3) is 0 Å². The molecular weight excluding hydrogens is 330 g/mol. The third-order valence-corrected chi connectivity index (χ3v) is 3.57. The van der Waals surface area contributed by atoms with E-state index in [1.54, 1.807) is 24.3 Å². The van der Waals surface area contributed by atoms with Gasteiger partial charge >= 0.3 is 5.97 Å². The Bertz CT molecular complexity index is 758. The first-order valence-corrected chi connectivity index (χ1v) is 7.63. The molecule has 6 heteroatoms. The number of methoxy groups -OCH3 is 1. The minimum atomic E-state index is -0.354. The maximum absolute atomic E-state index is 11.6. The molecule has 2 rings (SSSR count). The number of aryl methyl sites for hydroxylation is 1. The second kappa shape index (κ2) is 8.36. The lowest BCUT2D eigenvalue weighted by atomic mass is 10.0. The number of nitrogens with zero attached hydrogens (tertiary/aromatic N) is 1. The van der Waals surface area contributed by atoms with E-state index < -0.39 is 0 Å². The topological polar surface area (TPSA) is 57.1 Å². The molecule has 0 aliphatic carbocycles. The highest BCUT2D eigenvalue weighted by atomic mass is 35.5. The maximum Gasteiger partial charge on any atom is 0.310 e. The summed E-state index contributed by atoms with van der Waals surface area (Å²) in [5.74, 6) is 0.307. The van der Waals surface area contributed by atoms with E-state index in [-0.39, 0.29) is 18.3 Å². The number of ether oxygens (including phenoxy) is 2. The number of hydrogen-bond acceptors (Lipinski definition) is 5. The monoisotopic (exact) mass is 347 g/mol. The number of halogens is 1. The summed E-state index contributed by atoms with van der Waals surface area (Å²) in [6.07, 6.45) is 0.0976. The summed E-state index contributed by atoms with van der Waals surface area (Å²) in [5, 5.41) is 4.39. The smallest absolute Gasteiger partial charge is 0.310 e. The summed E-state index contributed by atoms with van der Waals surface area (Å²) in [7, 11) is 2.76. The van der Waals surface area contributed by atoms with Crippen molar-refractivity contribution in [2.24, 2.45) is 5.16 Å². The van der Waals surface area contributed by atoms with Gasteiger partial charge in [0, 0.05) is 5.56 Å². The molecule has 126 valence electrons. The Morgan fingerprint density at radius 2 is 1.92 bits per heavy atom. The van der Waals surface area contributed by atoms with Crippen LogP contribution in [0.1, 0.15) is 16.7 Å². The van der Waals surface area contributed by atoms with Gasteiger partial charge in [-0.3, -0.25) is 4.79 Å². The van der Waals surface area contributed by atoms with E-state index in [0.717, 1.165) is 5.56 Å². The molecule has 2 aromatic rings. The second-order valence-electron chi connectivity index (χ2n) is 5.03. The number of rotatable bonds is 5. The van der Waals surface area contributed by atoms with E-state index >= 15 is 0 Å². The first kappa shape index (κ1) is 17.8. The lowest BCUT2D eigenvalue weighted by Crippen LogP contribution is -2.16. The molecule has 0 unspecified atom stereocenters. The molecule has 0 spiro atoms. The van der Waals surface area contributed by atoms with Gasteiger partial charge in [0.2, 0.25) is 0 Å². The van der Waals surface area contributed by atoms with Gasteiger partial charge in [-0.25, -0.2) is 0 Å². The van der Waals surface area contributed by atoms with Gasteiger partial charge in [-0.05, 0) is 41.4 Å². The van der Waals surface area contributed by atoms with Crippen LogP contribution in [0.2, 0.25) is 5.02 Å². The SMILES string of the molecule is CO/N=C(/Oc1ccc(C)cc1Cl)c1ccccc1CC(=O)OC. The highest BCUT2D eigenvalue weighted by molar-refractivity contribution is 6.32. The largest absolute Gasteiger partial charge is 0.469 e. The Morgan fingerprint density at radius 1 is 1.17 bits per heavy atom. The Kier molecular flexibility index (Phi) is 6.21. The standard InChI is InChI=1S/C18H18ClNO4/c1-12-8-9-16(15(19)10-12)24-18(20-23-3)14-7-5-4-6-13(14)11-17(21)22-2/h4-10H,11H2,1-3H3/b20-18+. The minimum Gasteiger partial charge on any atom is -0.469 e. The van der Waals surface area contributed by atoms with Gasteiger partial charge in [0.1, 0.15) is 12.9 Å². The van der Waals surface area contributed by atoms with Crippen LogP contribution in [0.3, 0.4) is 0 Å². The molecule has 0 heterocycles. The summed E-state index contributed by atoms with van der Waals surface area (Å²) >= 11 is 6.21. The van der Waals surface area contributed by atoms with Crippen LogP contribution in [0.4, 0.5) is 0 Å². The molecule has 0 aliphatic heterocycles. The van der Waals surface area contributed by atoms with Gasteiger partial charge in [0.15, 0.2) is 0 Å². The molecule has 0 radical (unpaired) electrons. The van der Waals surface area contributed by atoms with E-state index in [9.17, 15) is 4.79 Å². The van der Waals surface area contributed by atoms with Crippen molar-refractivity contribution in [3.8, 4) is 5.75 Å². The molecular formula is C18H18ClNO4. The zero-order valence-corrected chi connectivity index (χ0v) is 14.5. The van der Waals surface area contributed by atoms with Crippen molar-refractivity contribution >= 4 is 23.5 Å². The zero-order valence-electron chi connectivity index (χ0n) is 13.7. The molecule has 2 aromatic carbocycles. The average Bonchev–Trinajstić information content (AvgIpc) is 2.57. The Morgan fingerprint density at radius 3 is 2.58 bits per heavy atom. The van der Waals surface area contributed by atoms with Crippen molar-refractivity contribution in [3.05, 3.63) is 64.2 Å². The lowest BCUT2D eigenvalue weighted by Gasteiger charge is -2.13. The molecule has 0 atom stereocenters. The van der Waals surface area contributed by atoms with Crippen LogP contribution in [0.15, 0.2) is 47.6 Å². The van der Waals surface area contributed by atoms with E-state index in [2.05, 4.69) is 5.16 Å². The van der Waals surface area contributed by atoms with Gasteiger partial charge in [-0.2, -0.15) is 0 Å². The van der Waals surface area contributed by atoms with Crippen LogP contribution >= 0.6 is 11.6 Å². The number of carbonyl (C=O) groups excluding carboxylic acids is 1. The first-order chi connectivity index (χ1) is 11.5. The Hall–Kier alpha value is -2.53. The highest BCUT2D eigenvalue weighted by Gasteiger charge is 2.16. The van der Waals surface area contributed by atoms with Gasteiger partial charge in [0.25, 0.3) is 5.90 Å². The molecule has 0 N–H and O–H groups in total. The Labute approximate surface area is 145 Å². The van der Waals surface area contributed by atoms with Crippen LogP contribution in [0.5, 0.6) is 5.75 Å². The molecule has 0 amide bonds. The molecule has 0 aromatic heterocycles. The molecule has 0 bridgehead atoms. The Balaban J connectivity index is 2.38. The predicted octanol–water partition coefficient (Wildman–Crippen LogP) is 3.75. The van der Waals surface area contributed by atoms with Crippen LogP contribution < -0.4 is 4.74 Å². The van der Waals surface area contributed by atoms with Crippen LogP contribution in [-0.4, -0.2) is 26.1 Å². The molecule has 0 aliphatic rings. The minimum absolute atomic E-state index is 0.0976. The molecule has 5 nitrogen and oxygen atoms in total. The molecule has 24 heavy (non-hydrogen) atoms. The van der Waals surface area contributed by atoms with E-state index in [0.29, 0.717) is 21.9 Å². The lowest BCUT2D eigenvalue weighted by molar-refractivity contribution is -0.139. The maximum atomic E-state index is 11.6. The van der Waals surface area contributed by atoms with Gasteiger partial charge < -0.3 is 14.3 Å². The van der Waals surface area contributed by atoms with Crippen molar-refractivity contribution in [2.75, 3.05) is 14.2 Å². The van der Waals surface area contributed by atoms with Crippen LogP contribution in [-0.2, 0) is 20.8 Å². The summed E-state index contributed by atoms with van der Waals surface area (Å²) in [4.78, 5) is 16.5. The predicted molar refractivity (Wildman–Crippen MR) is 92.5 cm³/mol. The van der Waals surface area contributed by atoms with Gasteiger partial charge in [-0.15, -0.1) is 0 Å². The van der Waals surface area contributed by atoms with E-state index in [1.165, 1.54) is 14.2 Å². The van der Waals surface area contributed by atoms with Crippen molar-refractivity contribution in [1.82, 2.24) is 0 Å².